The van der Waals surface area contributed by atoms with Gasteiger partial charge in [-0.15, -0.1) is 0 Å². The predicted octanol–water partition coefficient (Wildman–Crippen LogP) is 2.36. The summed E-state index contributed by atoms with van der Waals surface area (Å²) in [5, 5.41) is 0. The van der Waals surface area contributed by atoms with Crippen molar-refractivity contribution < 1.29 is 31.1 Å². The summed E-state index contributed by atoms with van der Waals surface area (Å²) in [6.45, 7) is 1.12. The molecule has 10 heteroatoms. The van der Waals surface area contributed by atoms with E-state index < -0.39 is 35.1 Å². The summed E-state index contributed by atoms with van der Waals surface area (Å²) in [4.78, 5) is 13.2. The lowest BCUT2D eigenvalue weighted by atomic mass is 10.2. The van der Waals surface area contributed by atoms with Crippen molar-refractivity contribution in [2.45, 2.75) is 24.4 Å². The van der Waals surface area contributed by atoms with Gasteiger partial charge in [0.2, 0.25) is 10.0 Å². The van der Waals surface area contributed by atoms with Crippen LogP contribution in [-0.2, 0) is 10.0 Å². The number of benzene rings is 1. The lowest BCUT2D eigenvalue weighted by molar-refractivity contribution is -0.136. The smallest absolute Gasteiger partial charge is 0.390 e. The lowest BCUT2D eigenvalue weighted by Crippen LogP contribution is -2.34. The van der Waals surface area contributed by atoms with Gasteiger partial charge < -0.3 is 9.64 Å². The minimum atomic E-state index is -4.38. The van der Waals surface area contributed by atoms with Crippen LogP contribution in [0, 0.1) is 0 Å². The van der Waals surface area contributed by atoms with E-state index in [0.29, 0.717) is 0 Å². The van der Waals surface area contributed by atoms with Gasteiger partial charge >= 0.3 is 6.18 Å². The third kappa shape index (κ3) is 5.33. The molecule has 25 heavy (non-hydrogen) atoms. The molecule has 0 aliphatic heterocycles. The van der Waals surface area contributed by atoms with Crippen molar-refractivity contribution in [1.29, 1.82) is 0 Å². The maximum Gasteiger partial charge on any atom is 0.390 e. The zero-order valence-electron chi connectivity index (χ0n) is 14.4. The number of methoxy groups -OCH3 is 1. The number of rotatable bonds is 7. The number of halogens is 3. The molecule has 0 atom stereocenters. The summed E-state index contributed by atoms with van der Waals surface area (Å²) in [5.41, 5.74) is -0.0229. The van der Waals surface area contributed by atoms with Gasteiger partial charge in [0.05, 0.1) is 13.5 Å². The molecule has 0 fully saturated rings. The molecule has 1 aromatic rings. The fourth-order valence-corrected chi connectivity index (χ4v) is 3.13. The van der Waals surface area contributed by atoms with Crippen LogP contribution in [0.5, 0.6) is 5.75 Å². The van der Waals surface area contributed by atoms with Gasteiger partial charge in [0.25, 0.3) is 5.91 Å². The van der Waals surface area contributed by atoms with Gasteiger partial charge in [-0.05, 0) is 25.1 Å². The first-order chi connectivity index (χ1) is 11.4. The molecule has 6 nitrogen and oxygen atoms in total. The molecule has 0 N–H and O–H groups in total. The Labute approximate surface area is 145 Å². The quantitative estimate of drug-likeness (QED) is 0.726. The van der Waals surface area contributed by atoms with Crippen LogP contribution in [0.1, 0.15) is 23.7 Å². The highest BCUT2D eigenvalue weighted by Crippen LogP contribution is 2.28. The van der Waals surface area contributed by atoms with E-state index in [0.717, 1.165) is 15.3 Å². The molecule has 0 spiro atoms. The monoisotopic (exact) mass is 382 g/mol. The van der Waals surface area contributed by atoms with E-state index in [1.54, 1.807) is 6.92 Å². The average molecular weight is 382 g/mol. The van der Waals surface area contributed by atoms with Crippen LogP contribution < -0.4 is 4.74 Å². The number of carbonyl (C=O) groups excluding carboxylic acids is 1. The van der Waals surface area contributed by atoms with Crippen molar-refractivity contribution >= 4 is 15.9 Å². The van der Waals surface area contributed by atoms with Crippen LogP contribution >= 0.6 is 0 Å². The Morgan fingerprint density at radius 1 is 1.24 bits per heavy atom. The molecule has 0 aromatic heterocycles. The molecule has 142 valence electrons. The minimum absolute atomic E-state index is 0.0229. The standard InChI is InChI=1S/C15H21F3N2O4S/c1-5-20(9-8-15(16,17)18)14(21)11-6-7-12(24-4)13(10-11)25(22,23)19(2)3/h6-7,10H,5,8-9H2,1-4H3. The second-order valence-electron chi connectivity index (χ2n) is 5.40. The van der Waals surface area contributed by atoms with Gasteiger partial charge in [0, 0.05) is 32.7 Å². The summed E-state index contributed by atoms with van der Waals surface area (Å²) in [7, 11) is 0.0476. The van der Waals surface area contributed by atoms with Gasteiger partial charge in [0.15, 0.2) is 0 Å². The number of hydrogen-bond acceptors (Lipinski definition) is 4. The number of sulfonamides is 1. The van der Waals surface area contributed by atoms with E-state index >= 15 is 0 Å². The zero-order valence-corrected chi connectivity index (χ0v) is 15.2. The summed E-state index contributed by atoms with van der Waals surface area (Å²) < 4.78 is 67.8. The van der Waals surface area contributed by atoms with Gasteiger partial charge in [-0.25, -0.2) is 12.7 Å². The molecule has 0 saturated heterocycles. The molecule has 0 saturated carbocycles. The molecule has 0 radical (unpaired) electrons. The Morgan fingerprint density at radius 2 is 1.84 bits per heavy atom. The molecule has 1 amide bonds. The highest BCUT2D eigenvalue weighted by molar-refractivity contribution is 7.89. The molecule has 0 aliphatic carbocycles. The van der Waals surface area contributed by atoms with Gasteiger partial charge in [-0.3, -0.25) is 4.79 Å². The second-order valence-corrected chi connectivity index (χ2v) is 7.52. The number of alkyl halides is 3. The SMILES string of the molecule is CCN(CCC(F)(F)F)C(=O)c1ccc(OC)c(S(=O)(=O)N(C)C)c1. The number of amides is 1. The molecule has 1 rings (SSSR count). The summed E-state index contributed by atoms with van der Waals surface area (Å²) >= 11 is 0. The largest absolute Gasteiger partial charge is 0.495 e. The molecule has 0 bridgehead atoms. The summed E-state index contributed by atoms with van der Waals surface area (Å²) in [5.74, 6) is -0.631. The van der Waals surface area contributed by atoms with Crippen molar-refractivity contribution in [2.75, 3.05) is 34.3 Å². The van der Waals surface area contributed by atoms with E-state index in [1.165, 1.54) is 33.3 Å². The molecule has 0 heterocycles. The normalized spacial score (nSPS) is 12.3. The van der Waals surface area contributed by atoms with E-state index in [-0.39, 0.29) is 22.8 Å². The van der Waals surface area contributed by atoms with Crippen molar-refractivity contribution in [2.24, 2.45) is 0 Å². The average Bonchev–Trinajstić information content (AvgIpc) is 2.53. The fraction of sp³-hybridized carbons (Fsp3) is 0.533. The first kappa shape index (κ1) is 21.2. The summed E-state index contributed by atoms with van der Waals surface area (Å²) in [6, 6.07) is 3.75. The zero-order chi connectivity index (χ0) is 19.4. The molecule has 1 aromatic carbocycles. The maximum absolute atomic E-state index is 12.5. The first-order valence-electron chi connectivity index (χ1n) is 7.40. The van der Waals surface area contributed by atoms with E-state index in [4.69, 9.17) is 4.74 Å². The van der Waals surface area contributed by atoms with Crippen LogP contribution in [0.15, 0.2) is 23.1 Å². The predicted molar refractivity (Wildman–Crippen MR) is 86.1 cm³/mol. The second kappa shape index (κ2) is 8.05. The number of ether oxygens (including phenoxy) is 1. The molecule has 0 unspecified atom stereocenters. The van der Waals surface area contributed by atoms with E-state index in [2.05, 4.69) is 0 Å². The van der Waals surface area contributed by atoms with Gasteiger partial charge in [0.1, 0.15) is 10.6 Å². The van der Waals surface area contributed by atoms with Crippen LogP contribution in [0.4, 0.5) is 13.2 Å². The summed E-state index contributed by atoms with van der Waals surface area (Å²) in [6.07, 6.45) is -5.52. The molecule has 0 aliphatic rings. The number of nitrogens with zero attached hydrogens (tertiary/aromatic N) is 2. The van der Waals surface area contributed by atoms with E-state index in [9.17, 15) is 26.4 Å². The minimum Gasteiger partial charge on any atom is -0.495 e. The van der Waals surface area contributed by atoms with Crippen molar-refractivity contribution in [1.82, 2.24) is 9.21 Å². The van der Waals surface area contributed by atoms with E-state index in [1.807, 2.05) is 0 Å². The molecular weight excluding hydrogens is 361 g/mol. The van der Waals surface area contributed by atoms with Crippen LogP contribution in [0.3, 0.4) is 0 Å². The Morgan fingerprint density at radius 3 is 2.28 bits per heavy atom. The topological polar surface area (TPSA) is 66.9 Å². The van der Waals surface area contributed by atoms with Crippen LogP contribution in [-0.4, -0.2) is 64.0 Å². The maximum atomic E-state index is 12.5. The van der Waals surface area contributed by atoms with Crippen LogP contribution in [0.25, 0.3) is 0 Å². The first-order valence-corrected chi connectivity index (χ1v) is 8.84. The number of carbonyl (C=O) groups is 1. The highest BCUT2D eigenvalue weighted by atomic mass is 32.2. The van der Waals surface area contributed by atoms with Crippen molar-refractivity contribution in [3.63, 3.8) is 0 Å². The van der Waals surface area contributed by atoms with Crippen LogP contribution in [0.2, 0.25) is 0 Å². The van der Waals surface area contributed by atoms with Gasteiger partial charge in [-0.2, -0.15) is 13.2 Å². The third-order valence-corrected chi connectivity index (χ3v) is 5.34. The Hall–Kier alpha value is -1.81. The highest BCUT2D eigenvalue weighted by Gasteiger charge is 2.30. The number of hydrogen-bond donors (Lipinski definition) is 0. The molecular formula is C15H21F3N2O4S. The van der Waals surface area contributed by atoms with Crippen molar-refractivity contribution in [3.05, 3.63) is 23.8 Å². The Kier molecular flexibility index (Phi) is 6.83. The van der Waals surface area contributed by atoms with Gasteiger partial charge in [-0.1, -0.05) is 0 Å². The fourth-order valence-electron chi connectivity index (χ4n) is 2.06. The third-order valence-electron chi connectivity index (χ3n) is 3.50. The lowest BCUT2D eigenvalue weighted by Gasteiger charge is -2.22. The Balaban J connectivity index is 3.23. The van der Waals surface area contributed by atoms with Crippen molar-refractivity contribution in [3.8, 4) is 5.75 Å². The Bertz CT molecular complexity index is 718.